The predicted octanol–water partition coefficient (Wildman–Crippen LogP) is 3.12. The van der Waals surface area contributed by atoms with Crippen LogP contribution in [0.25, 0.3) is 0 Å². The highest BCUT2D eigenvalue weighted by Crippen LogP contribution is 2.25. The minimum atomic E-state index is -3.48. The highest BCUT2D eigenvalue weighted by Gasteiger charge is 2.25. The number of piperidine rings is 1. The van der Waals surface area contributed by atoms with Crippen LogP contribution in [-0.4, -0.2) is 54.1 Å². The summed E-state index contributed by atoms with van der Waals surface area (Å²) in [6.45, 7) is 3.25. The van der Waals surface area contributed by atoms with Crippen molar-refractivity contribution in [1.29, 1.82) is 0 Å². The Labute approximate surface area is 167 Å². The van der Waals surface area contributed by atoms with Gasteiger partial charge in [-0.15, -0.1) is 10.2 Å². The average molecular weight is 427 g/mol. The number of Topliss-reactive ketones (excluding diaryl/α,β-unsaturated/α-hetero) is 1. The molecule has 0 unspecified atom stereocenters. The van der Waals surface area contributed by atoms with E-state index in [9.17, 15) is 13.2 Å². The van der Waals surface area contributed by atoms with Crippen LogP contribution in [-0.2, 0) is 10.0 Å². The van der Waals surface area contributed by atoms with Crippen molar-refractivity contribution in [2.75, 3.05) is 30.7 Å². The second-order valence-corrected chi connectivity index (χ2v) is 10.5. The normalized spacial score (nSPS) is 15.6. The molecule has 3 rings (SSSR count). The molecule has 10 heteroatoms. The first-order chi connectivity index (χ1) is 13.0. The number of benzene rings is 1. The van der Waals surface area contributed by atoms with Gasteiger partial charge in [-0.25, -0.2) is 8.42 Å². The van der Waals surface area contributed by atoms with Gasteiger partial charge in [0, 0.05) is 18.7 Å². The summed E-state index contributed by atoms with van der Waals surface area (Å²) in [5, 5.41) is 11.6. The summed E-state index contributed by atoms with van der Waals surface area (Å²) in [5.41, 5.74) is 0.466. The fraction of sp³-hybridized carbons (Fsp3) is 0.471. The summed E-state index contributed by atoms with van der Waals surface area (Å²) in [6, 6.07) is 6.16. The first-order valence-electron chi connectivity index (χ1n) is 8.84. The number of hydrogen-bond donors (Lipinski definition) is 1. The van der Waals surface area contributed by atoms with Gasteiger partial charge in [-0.1, -0.05) is 36.4 Å². The smallest absolute Gasteiger partial charge is 0.243 e. The zero-order valence-corrected chi connectivity index (χ0v) is 17.5. The molecule has 0 atom stereocenters. The third-order valence-electron chi connectivity index (χ3n) is 4.20. The number of nitrogens with zero attached hydrogens (tertiary/aromatic N) is 3. The number of sulfonamides is 1. The van der Waals surface area contributed by atoms with Crippen molar-refractivity contribution < 1.29 is 13.2 Å². The van der Waals surface area contributed by atoms with Crippen LogP contribution in [0.3, 0.4) is 0 Å². The summed E-state index contributed by atoms with van der Waals surface area (Å²) in [5.74, 6) is 0.789. The first-order valence-corrected chi connectivity index (χ1v) is 12.1. The fourth-order valence-corrected chi connectivity index (χ4v) is 5.95. The minimum absolute atomic E-state index is 0.0870. The molecule has 146 valence electrons. The lowest BCUT2D eigenvalue weighted by Gasteiger charge is -2.25. The number of carbonyl (C=O) groups excluding carboxylic acids is 1. The molecule has 1 saturated heterocycles. The molecule has 0 aliphatic carbocycles. The molecule has 1 aliphatic rings. The van der Waals surface area contributed by atoms with Crippen molar-refractivity contribution in [3.8, 4) is 0 Å². The topological polar surface area (TPSA) is 92.3 Å². The second kappa shape index (κ2) is 9.13. The van der Waals surface area contributed by atoms with Crippen LogP contribution in [0.5, 0.6) is 0 Å². The SMILES string of the molecule is CCSc1nnc(NCC(=O)c2ccc(S(=O)(=O)N3CCCCC3)cc2)s1. The second-order valence-electron chi connectivity index (χ2n) is 6.07. The van der Waals surface area contributed by atoms with Gasteiger partial charge in [0.1, 0.15) is 0 Å². The van der Waals surface area contributed by atoms with E-state index >= 15 is 0 Å². The Balaban J connectivity index is 1.61. The molecule has 0 saturated carbocycles. The van der Waals surface area contributed by atoms with Gasteiger partial charge in [-0.2, -0.15) is 4.31 Å². The van der Waals surface area contributed by atoms with Crippen molar-refractivity contribution >= 4 is 44.0 Å². The van der Waals surface area contributed by atoms with Gasteiger partial charge in [0.05, 0.1) is 11.4 Å². The maximum Gasteiger partial charge on any atom is 0.243 e. The number of carbonyl (C=O) groups is 1. The Hall–Kier alpha value is -1.49. The third-order valence-corrected chi connectivity index (χ3v) is 8.01. The van der Waals surface area contributed by atoms with Crippen molar-refractivity contribution in [2.24, 2.45) is 0 Å². The summed E-state index contributed by atoms with van der Waals surface area (Å²) < 4.78 is 27.7. The molecular weight excluding hydrogens is 404 g/mol. The molecule has 2 aromatic rings. The van der Waals surface area contributed by atoms with Gasteiger partial charge < -0.3 is 5.32 Å². The maximum atomic E-state index is 12.6. The standard InChI is InChI=1S/C17H22N4O3S3/c1-2-25-17-20-19-16(26-17)18-12-15(22)13-6-8-14(9-7-13)27(23,24)21-10-4-3-5-11-21/h6-9H,2-5,10-12H2,1H3,(H,18,19). The van der Waals surface area contributed by atoms with Crippen LogP contribution in [0.2, 0.25) is 0 Å². The molecule has 1 aromatic carbocycles. The number of ketones is 1. The van der Waals surface area contributed by atoms with E-state index < -0.39 is 10.0 Å². The van der Waals surface area contributed by atoms with E-state index in [0.29, 0.717) is 23.8 Å². The Morgan fingerprint density at radius 3 is 2.56 bits per heavy atom. The number of nitrogens with one attached hydrogen (secondary N) is 1. The number of thioether (sulfide) groups is 1. The Bertz CT molecular complexity index is 875. The zero-order valence-electron chi connectivity index (χ0n) is 15.1. The highest BCUT2D eigenvalue weighted by molar-refractivity contribution is 8.01. The van der Waals surface area contributed by atoms with Gasteiger partial charge in [0.15, 0.2) is 10.1 Å². The summed E-state index contributed by atoms with van der Waals surface area (Å²) >= 11 is 3.01. The lowest BCUT2D eigenvalue weighted by molar-refractivity contribution is 0.101. The Morgan fingerprint density at radius 2 is 1.89 bits per heavy atom. The lowest BCUT2D eigenvalue weighted by Crippen LogP contribution is -2.35. The third kappa shape index (κ3) is 5.07. The molecular formula is C17H22N4O3S3. The van der Waals surface area contributed by atoms with Crippen molar-refractivity contribution in [1.82, 2.24) is 14.5 Å². The quantitative estimate of drug-likeness (QED) is 0.512. The molecule has 1 aromatic heterocycles. The summed E-state index contributed by atoms with van der Waals surface area (Å²) in [7, 11) is -3.48. The molecule has 0 bridgehead atoms. The van der Waals surface area contributed by atoms with Crippen molar-refractivity contribution in [3.05, 3.63) is 29.8 Å². The van der Waals surface area contributed by atoms with Crippen molar-refractivity contribution in [3.63, 3.8) is 0 Å². The largest absolute Gasteiger partial charge is 0.353 e. The molecule has 7 nitrogen and oxygen atoms in total. The van der Waals surface area contributed by atoms with E-state index in [1.165, 1.54) is 27.8 Å². The molecule has 2 heterocycles. The molecule has 0 spiro atoms. The summed E-state index contributed by atoms with van der Waals surface area (Å²) in [6.07, 6.45) is 2.86. The average Bonchev–Trinajstić information content (AvgIpc) is 3.15. The Kier molecular flexibility index (Phi) is 6.85. The number of hydrogen-bond acceptors (Lipinski definition) is 8. The van der Waals surface area contributed by atoms with E-state index in [1.807, 2.05) is 6.92 Å². The monoisotopic (exact) mass is 426 g/mol. The van der Waals surface area contributed by atoms with Crippen LogP contribution >= 0.6 is 23.1 Å². The van der Waals surface area contributed by atoms with Crippen LogP contribution in [0.1, 0.15) is 36.5 Å². The van der Waals surface area contributed by atoms with E-state index in [0.717, 1.165) is 29.4 Å². The maximum absolute atomic E-state index is 12.6. The van der Waals surface area contributed by atoms with E-state index in [1.54, 1.807) is 23.9 Å². The highest BCUT2D eigenvalue weighted by atomic mass is 32.2. The van der Waals surface area contributed by atoms with Crippen LogP contribution < -0.4 is 5.32 Å². The van der Waals surface area contributed by atoms with Gasteiger partial charge in [0.25, 0.3) is 0 Å². The lowest BCUT2D eigenvalue weighted by atomic mass is 10.1. The van der Waals surface area contributed by atoms with Gasteiger partial charge in [-0.05, 0) is 42.9 Å². The molecule has 1 N–H and O–H groups in total. The van der Waals surface area contributed by atoms with Gasteiger partial charge in [-0.3, -0.25) is 4.79 Å². The number of anilines is 1. The molecule has 1 fully saturated rings. The molecule has 27 heavy (non-hydrogen) atoms. The van der Waals surface area contributed by atoms with Crippen LogP contribution in [0.4, 0.5) is 5.13 Å². The van der Waals surface area contributed by atoms with Gasteiger partial charge in [0.2, 0.25) is 15.2 Å². The van der Waals surface area contributed by atoms with Crippen LogP contribution in [0.15, 0.2) is 33.5 Å². The molecule has 0 radical (unpaired) electrons. The zero-order chi connectivity index (χ0) is 19.3. The summed E-state index contributed by atoms with van der Waals surface area (Å²) in [4.78, 5) is 12.6. The van der Waals surface area contributed by atoms with Gasteiger partial charge >= 0.3 is 0 Å². The minimum Gasteiger partial charge on any atom is -0.353 e. The van der Waals surface area contributed by atoms with E-state index in [-0.39, 0.29) is 17.2 Å². The first kappa shape index (κ1) is 20.2. The Morgan fingerprint density at radius 1 is 1.19 bits per heavy atom. The number of rotatable bonds is 8. The van der Waals surface area contributed by atoms with Crippen LogP contribution in [0, 0.1) is 0 Å². The number of aromatic nitrogens is 2. The fourth-order valence-electron chi connectivity index (χ4n) is 2.79. The van der Waals surface area contributed by atoms with E-state index in [4.69, 9.17) is 0 Å². The van der Waals surface area contributed by atoms with Crippen molar-refractivity contribution in [2.45, 2.75) is 35.4 Å². The van der Waals surface area contributed by atoms with E-state index in [2.05, 4.69) is 15.5 Å². The molecule has 0 amide bonds. The predicted molar refractivity (Wildman–Crippen MR) is 108 cm³/mol. The molecule has 1 aliphatic heterocycles.